The predicted molar refractivity (Wildman–Crippen MR) is 221 cm³/mol. The van der Waals surface area contributed by atoms with Crippen molar-refractivity contribution >= 4 is 23.9 Å². The molecule has 8 heteroatoms. The summed E-state index contributed by atoms with van der Waals surface area (Å²) in [5.74, 6) is -0.767. The minimum atomic E-state index is -0.209. The van der Waals surface area contributed by atoms with Crippen LogP contribution in [0.15, 0.2) is 24.3 Å². The standard InChI is InChI=1S/C46H82O8/c1-6-9-11-25-33-41(34-27-21-17-13-15-19-23-29-37-43(47)51-4)53-45(49)39-31-32-40(8-3)46(50)54-42(35-26-12-10-7-2)36-28-22-18-14-16-20-24-30-38-44(48)52-5/h21-22,27-28,40-42H,6-20,23-26,29-39H2,1-5H3/b27-21-,28-22-/t40?,41-,42-/m1/s1. The summed E-state index contributed by atoms with van der Waals surface area (Å²) in [6.07, 6.45) is 37.0. The van der Waals surface area contributed by atoms with Crippen molar-refractivity contribution in [2.45, 2.75) is 226 Å². The number of hydrogen-bond donors (Lipinski definition) is 0. The molecule has 0 saturated carbocycles. The topological polar surface area (TPSA) is 105 Å². The molecule has 0 spiro atoms. The van der Waals surface area contributed by atoms with E-state index in [4.69, 9.17) is 18.9 Å². The van der Waals surface area contributed by atoms with Crippen molar-refractivity contribution in [3.8, 4) is 0 Å². The van der Waals surface area contributed by atoms with E-state index in [2.05, 4.69) is 38.2 Å². The Kier molecular flexibility index (Phi) is 36.7. The molecule has 3 atom stereocenters. The fourth-order valence-electron chi connectivity index (χ4n) is 6.59. The van der Waals surface area contributed by atoms with Crippen molar-refractivity contribution in [2.24, 2.45) is 5.92 Å². The van der Waals surface area contributed by atoms with E-state index < -0.39 is 0 Å². The number of unbranched alkanes of at least 4 members (excludes halogenated alkanes) is 16. The lowest BCUT2D eigenvalue weighted by molar-refractivity contribution is -0.155. The van der Waals surface area contributed by atoms with Gasteiger partial charge in [0.1, 0.15) is 12.2 Å². The molecule has 0 radical (unpaired) electrons. The highest BCUT2D eigenvalue weighted by molar-refractivity contribution is 5.73. The van der Waals surface area contributed by atoms with Crippen LogP contribution in [-0.4, -0.2) is 50.3 Å². The van der Waals surface area contributed by atoms with Gasteiger partial charge >= 0.3 is 23.9 Å². The Bertz CT molecular complexity index is 974. The highest BCUT2D eigenvalue weighted by Gasteiger charge is 2.22. The monoisotopic (exact) mass is 763 g/mol. The second-order valence-electron chi connectivity index (χ2n) is 15.0. The maximum Gasteiger partial charge on any atom is 0.309 e. The third-order valence-electron chi connectivity index (χ3n) is 10.2. The molecule has 0 fully saturated rings. The molecule has 0 amide bonds. The van der Waals surface area contributed by atoms with Gasteiger partial charge in [-0.25, -0.2) is 0 Å². The first-order chi connectivity index (χ1) is 26.3. The second-order valence-corrected chi connectivity index (χ2v) is 15.0. The summed E-state index contributed by atoms with van der Waals surface area (Å²) >= 11 is 0. The number of esters is 4. The van der Waals surface area contributed by atoms with Gasteiger partial charge in [-0.1, -0.05) is 122 Å². The van der Waals surface area contributed by atoms with Crippen LogP contribution in [-0.2, 0) is 38.1 Å². The quantitative estimate of drug-likeness (QED) is 0.0265. The average Bonchev–Trinajstić information content (AvgIpc) is 3.17. The third-order valence-corrected chi connectivity index (χ3v) is 10.2. The minimum absolute atomic E-state index is 0.101. The zero-order valence-electron chi connectivity index (χ0n) is 35.5. The Balaban J connectivity index is 4.72. The number of ether oxygens (including phenoxy) is 4. The first-order valence-electron chi connectivity index (χ1n) is 22.1. The normalized spacial score (nSPS) is 13.2. The van der Waals surface area contributed by atoms with Crippen molar-refractivity contribution in [1.29, 1.82) is 0 Å². The Hall–Kier alpha value is -2.64. The molecule has 0 aliphatic rings. The fraction of sp³-hybridized carbons (Fsp3) is 0.826. The molecular weight excluding hydrogens is 680 g/mol. The van der Waals surface area contributed by atoms with Gasteiger partial charge in [0.05, 0.1) is 20.1 Å². The smallest absolute Gasteiger partial charge is 0.309 e. The van der Waals surface area contributed by atoms with Gasteiger partial charge in [0.2, 0.25) is 0 Å². The van der Waals surface area contributed by atoms with E-state index in [0.717, 1.165) is 128 Å². The molecule has 0 aromatic rings. The molecule has 0 rings (SSSR count). The molecule has 0 aliphatic heterocycles. The van der Waals surface area contributed by atoms with Crippen molar-refractivity contribution in [2.75, 3.05) is 14.2 Å². The average molecular weight is 763 g/mol. The molecule has 0 heterocycles. The number of carbonyl (C=O) groups excluding carboxylic acids is 4. The van der Waals surface area contributed by atoms with Crippen LogP contribution >= 0.6 is 0 Å². The first-order valence-corrected chi connectivity index (χ1v) is 22.1. The molecule has 0 aliphatic carbocycles. The van der Waals surface area contributed by atoms with Crippen LogP contribution in [0.2, 0.25) is 0 Å². The zero-order chi connectivity index (χ0) is 39.9. The van der Waals surface area contributed by atoms with Crippen LogP contribution in [0.4, 0.5) is 0 Å². The number of methoxy groups -OCH3 is 2. The van der Waals surface area contributed by atoms with E-state index in [1.165, 1.54) is 39.9 Å². The largest absolute Gasteiger partial charge is 0.469 e. The molecule has 0 aromatic heterocycles. The highest BCUT2D eigenvalue weighted by atomic mass is 16.5. The van der Waals surface area contributed by atoms with Crippen LogP contribution in [0.5, 0.6) is 0 Å². The molecule has 8 nitrogen and oxygen atoms in total. The van der Waals surface area contributed by atoms with Gasteiger partial charge in [0, 0.05) is 32.1 Å². The highest BCUT2D eigenvalue weighted by Crippen LogP contribution is 2.21. The maximum atomic E-state index is 13.3. The van der Waals surface area contributed by atoms with Crippen LogP contribution in [0.3, 0.4) is 0 Å². The predicted octanol–water partition coefficient (Wildman–Crippen LogP) is 12.6. The summed E-state index contributed by atoms with van der Waals surface area (Å²) < 4.78 is 21.5. The van der Waals surface area contributed by atoms with Gasteiger partial charge in [-0.3, -0.25) is 19.2 Å². The van der Waals surface area contributed by atoms with Gasteiger partial charge in [0.15, 0.2) is 0 Å². The molecule has 0 saturated heterocycles. The van der Waals surface area contributed by atoms with Crippen molar-refractivity contribution in [1.82, 2.24) is 0 Å². The van der Waals surface area contributed by atoms with E-state index >= 15 is 0 Å². The van der Waals surface area contributed by atoms with Crippen LogP contribution < -0.4 is 0 Å². The molecule has 314 valence electrons. The molecular formula is C46H82O8. The molecule has 1 unspecified atom stereocenters. The van der Waals surface area contributed by atoms with Crippen LogP contribution in [0, 0.1) is 5.92 Å². The van der Waals surface area contributed by atoms with Gasteiger partial charge in [-0.15, -0.1) is 0 Å². The Labute approximate surface area is 331 Å². The van der Waals surface area contributed by atoms with E-state index in [0.29, 0.717) is 38.5 Å². The van der Waals surface area contributed by atoms with Crippen molar-refractivity contribution in [3.05, 3.63) is 24.3 Å². The number of hydrogen-bond acceptors (Lipinski definition) is 8. The van der Waals surface area contributed by atoms with E-state index in [1.54, 1.807) is 0 Å². The van der Waals surface area contributed by atoms with Crippen LogP contribution in [0.1, 0.15) is 213 Å². The summed E-state index contributed by atoms with van der Waals surface area (Å²) in [7, 11) is 2.87. The molecule has 0 bridgehead atoms. The van der Waals surface area contributed by atoms with E-state index in [9.17, 15) is 19.2 Å². The lowest BCUT2D eigenvalue weighted by Crippen LogP contribution is -2.24. The SMILES string of the molecule is CCCCCC[C@H](C/C=C\CCCCCCCC(=O)OC)OC(=O)CCCC(CC)C(=O)O[C@@H](C/C=C\CCCCCCCC(=O)OC)CCCCCC. The van der Waals surface area contributed by atoms with E-state index in [1.807, 2.05) is 6.92 Å². The number of carbonyl (C=O) groups is 4. The van der Waals surface area contributed by atoms with Crippen molar-refractivity contribution in [3.63, 3.8) is 0 Å². The van der Waals surface area contributed by atoms with Gasteiger partial charge < -0.3 is 18.9 Å². The molecule has 0 N–H and O–H groups in total. The fourth-order valence-corrected chi connectivity index (χ4v) is 6.59. The number of rotatable bonds is 38. The van der Waals surface area contributed by atoms with Crippen LogP contribution in [0.25, 0.3) is 0 Å². The zero-order valence-corrected chi connectivity index (χ0v) is 35.5. The summed E-state index contributed by atoms with van der Waals surface area (Å²) in [6, 6.07) is 0. The summed E-state index contributed by atoms with van der Waals surface area (Å²) in [5.41, 5.74) is 0. The maximum absolute atomic E-state index is 13.3. The van der Waals surface area contributed by atoms with E-state index in [-0.39, 0.29) is 42.0 Å². The second kappa shape index (κ2) is 38.6. The first kappa shape index (κ1) is 51.4. The lowest BCUT2D eigenvalue weighted by Gasteiger charge is -2.21. The van der Waals surface area contributed by atoms with Gasteiger partial charge in [-0.2, -0.15) is 0 Å². The third kappa shape index (κ3) is 32.8. The Morgan fingerprint density at radius 2 is 0.870 bits per heavy atom. The molecule has 54 heavy (non-hydrogen) atoms. The molecule has 0 aromatic carbocycles. The summed E-state index contributed by atoms with van der Waals surface area (Å²) in [4.78, 5) is 48.7. The Morgan fingerprint density at radius 3 is 1.33 bits per heavy atom. The number of allylic oxidation sites excluding steroid dienone is 2. The van der Waals surface area contributed by atoms with Crippen molar-refractivity contribution < 1.29 is 38.1 Å². The van der Waals surface area contributed by atoms with Gasteiger partial charge in [0.25, 0.3) is 0 Å². The summed E-state index contributed by atoms with van der Waals surface area (Å²) in [6.45, 7) is 6.43. The Morgan fingerprint density at radius 1 is 0.444 bits per heavy atom. The minimum Gasteiger partial charge on any atom is -0.469 e. The van der Waals surface area contributed by atoms with Gasteiger partial charge in [-0.05, 0) is 83.5 Å². The summed E-state index contributed by atoms with van der Waals surface area (Å²) in [5, 5.41) is 0. The lowest BCUT2D eigenvalue weighted by atomic mass is 9.99.